The summed E-state index contributed by atoms with van der Waals surface area (Å²) < 4.78 is 0. The standard InChI is InChI=1S/C25H40O4.C24H38O4/c1-17-16-20(12-8-10-14-24(4,5)22(26)27)19(3)21(18(17)2)13-9-11-15-25(6,7)23(28)29;1-18-13-14-19(11-7-6-9-15-23(2,3)21(25)26)17-20(18)12-8-10-16-24(4,5)22(27)28/h16H,8-15H2,1-7H3,(H,26,27)(H,28,29);13-14,17H,6-12,15-16H2,1-5H3,(H,25,26)(H,27,28). The van der Waals surface area contributed by atoms with Crippen molar-refractivity contribution in [1.29, 1.82) is 0 Å². The van der Waals surface area contributed by atoms with Gasteiger partial charge in [0.1, 0.15) is 0 Å². The van der Waals surface area contributed by atoms with E-state index in [2.05, 4.69) is 52.0 Å². The van der Waals surface area contributed by atoms with E-state index in [4.69, 9.17) is 5.11 Å². The van der Waals surface area contributed by atoms with Crippen LogP contribution in [0.3, 0.4) is 0 Å². The van der Waals surface area contributed by atoms with Crippen molar-refractivity contribution in [2.75, 3.05) is 0 Å². The number of aryl methyl sites for hydroxylation is 5. The van der Waals surface area contributed by atoms with Crippen LogP contribution in [-0.2, 0) is 44.9 Å². The summed E-state index contributed by atoms with van der Waals surface area (Å²) in [6, 6.07) is 8.94. The normalized spacial score (nSPS) is 12.2. The van der Waals surface area contributed by atoms with Crippen molar-refractivity contribution in [3.63, 3.8) is 0 Å². The molecule has 0 aliphatic heterocycles. The van der Waals surface area contributed by atoms with E-state index >= 15 is 0 Å². The maximum absolute atomic E-state index is 11.3. The number of carboxylic acids is 4. The van der Waals surface area contributed by atoms with Crippen LogP contribution in [0.5, 0.6) is 0 Å². The van der Waals surface area contributed by atoms with Crippen LogP contribution in [0.2, 0.25) is 0 Å². The highest BCUT2D eigenvalue weighted by molar-refractivity contribution is 5.74. The van der Waals surface area contributed by atoms with Gasteiger partial charge in [-0.3, -0.25) is 19.2 Å². The number of benzene rings is 2. The van der Waals surface area contributed by atoms with Gasteiger partial charge in [0, 0.05) is 0 Å². The Balaban J connectivity index is 0.000000570. The number of carboxylic acid groups (broad SMARTS) is 4. The Kier molecular flexibility index (Phi) is 20.8. The average Bonchev–Trinajstić information content (AvgIpc) is 3.11. The largest absolute Gasteiger partial charge is 0.481 e. The third-order valence-corrected chi connectivity index (χ3v) is 12.3. The fourth-order valence-electron chi connectivity index (χ4n) is 7.11. The number of carbonyl (C=O) groups is 4. The van der Waals surface area contributed by atoms with Gasteiger partial charge in [0.25, 0.3) is 0 Å². The van der Waals surface area contributed by atoms with Crippen molar-refractivity contribution in [2.45, 2.75) is 192 Å². The highest BCUT2D eigenvalue weighted by Crippen LogP contribution is 2.30. The third-order valence-electron chi connectivity index (χ3n) is 12.3. The summed E-state index contributed by atoms with van der Waals surface area (Å²) >= 11 is 0. The highest BCUT2D eigenvalue weighted by atomic mass is 16.4. The van der Waals surface area contributed by atoms with Crippen LogP contribution in [0.25, 0.3) is 0 Å². The zero-order valence-corrected chi connectivity index (χ0v) is 37.8. The summed E-state index contributed by atoms with van der Waals surface area (Å²) in [7, 11) is 0. The molecule has 0 amide bonds. The molecule has 2 aromatic carbocycles. The molecule has 0 aliphatic carbocycles. The average molecular weight is 795 g/mol. The Hall–Kier alpha value is -3.68. The number of hydrogen-bond acceptors (Lipinski definition) is 4. The van der Waals surface area contributed by atoms with Crippen molar-refractivity contribution >= 4 is 23.9 Å². The minimum Gasteiger partial charge on any atom is -0.481 e. The van der Waals surface area contributed by atoms with Crippen molar-refractivity contribution in [3.05, 3.63) is 68.8 Å². The third kappa shape index (κ3) is 17.8. The van der Waals surface area contributed by atoms with E-state index in [1.807, 2.05) is 0 Å². The van der Waals surface area contributed by atoms with E-state index in [-0.39, 0.29) is 0 Å². The van der Waals surface area contributed by atoms with Gasteiger partial charge in [-0.25, -0.2) is 0 Å². The smallest absolute Gasteiger partial charge is 0.309 e. The minimum atomic E-state index is -0.728. The van der Waals surface area contributed by atoms with Crippen molar-refractivity contribution < 1.29 is 39.6 Å². The van der Waals surface area contributed by atoms with Crippen LogP contribution in [0, 0.1) is 49.4 Å². The van der Waals surface area contributed by atoms with Crippen molar-refractivity contribution in [3.8, 4) is 0 Å². The first-order valence-electron chi connectivity index (χ1n) is 21.4. The van der Waals surface area contributed by atoms with Gasteiger partial charge in [-0.15, -0.1) is 0 Å². The van der Waals surface area contributed by atoms with Crippen LogP contribution in [0.4, 0.5) is 0 Å². The van der Waals surface area contributed by atoms with Gasteiger partial charge in [-0.2, -0.15) is 0 Å². The molecule has 0 atom stereocenters. The molecule has 0 heterocycles. The number of rotatable bonds is 25. The first kappa shape index (κ1) is 51.3. The molecule has 2 aromatic rings. The molecule has 0 aromatic heterocycles. The first-order chi connectivity index (χ1) is 26.2. The molecule has 8 nitrogen and oxygen atoms in total. The quantitative estimate of drug-likeness (QED) is 0.0726. The second kappa shape index (κ2) is 23.0. The van der Waals surface area contributed by atoms with Crippen molar-refractivity contribution in [2.24, 2.45) is 21.7 Å². The predicted octanol–water partition coefficient (Wildman–Crippen LogP) is 12.3. The molecule has 0 unspecified atom stereocenters. The van der Waals surface area contributed by atoms with E-state index in [1.165, 1.54) is 44.5 Å². The molecule has 322 valence electrons. The molecule has 57 heavy (non-hydrogen) atoms. The monoisotopic (exact) mass is 795 g/mol. The van der Waals surface area contributed by atoms with Gasteiger partial charge in [-0.05, 0) is 205 Å². The molecule has 4 N–H and O–H groups in total. The maximum Gasteiger partial charge on any atom is 0.309 e. The zero-order chi connectivity index (χ0) is 43.8. The van der Waals surface area contributed by atoms with Gasteiger partial charge in [0.15, 0.2) is 0 Å². The molecular weight excluding hydrogens is 717 g/mol. The lowest BCUT2D eigenvalue weighted by atomic mass is 9.84. The van der Waals surface area contributed by atoms with E-state index in [1.54, 1.807) is 55.4 Å². The lowest BCUT2D eigenvalue weighted by Crippen LogP contribution is -2.23. The predicted molar refractivity (Wildman–Crippen MR) is 232 cm³/mol. The summed E-state index contributed by atoms with van der Waals surface area (Å²) in [6.07, 6.45) is 15.6. The second-order valence-electron chi connectivity index (χ2n) is 19.3. The Morgan fingerprint density at radius 2 is 0.789 bits per heavy atom. The molecule has 0 aliphatic rings. The maximum atomic E-state index is 11.3. The van der Waals surface area contributed by atoms with E-state index in [0.29, 0.717) is 25.7 Å². The first-order valence-corrected chi connectivity index (χ1v) is 21.4. The molecule has 2 rings (SSSR count). The molecule has 0 bridgehead atoms. The van der Waals surface area contributed by atoms with Gasteiger partial charge < -0.3 is 20.4 Å². The number of aliphatic carboxylic acids is 4. The SMILES string of the molecule is Cc1cc(CCCCC(C)(C)C(=O)O)c(C)c(CCCCC(C)(C)C(=O)O)c1C.Cc1ccc(CCCCCC(C)(C)C(=O)O)cc1CCCCC(C)(C)C(=O)O. The summed E-state index contributed by atoms with van der Waals surface area (Å²) in [5.74, 6) is -2.90. The van der Waals surface area contributed by atoms with Crippen LogP contribution in [-0.4, -0.2) is 44.3 Å². The van der Waals surface area contributed by atoms with Gasteiger partial charge in [-0.1, -0.05) is 56.4 Å². The topological polar surface area (TPSA) is 149 Å². The summed E-state index contributed by atoms with van der Waals surface area (Å²) in [6.45, 7) is 23.0. The van der Waals surface area contributed by atoms with E-state index < -0.39 is 45.5 Å². The molecule has 0 spiro atoms. The van der Waals surface area contributed by atoms with E-state index in [9.17, 15) is 34.5 Å². The molecule has 0 fully saturated rings. The molecule has 0 radical (unpaired) electrons. The Morgan fingerprint density at radius 3 is 1.21 bits per heavy atom. The Morgan fingerprint density at radius 1 is 0.421 bits per heavy atom. The zero-order valence-electron chi connectivity index (χ0n) is 37.8. The molecular formula is C49H78O8. The Bertz CT molecular complexity index is 1630. The van der Waals surface area contributed by atoms with Crippen LogP contribution in [0.15, 0.2) is 24.3 Å². The Labute approximate surface area is 345 Å². The second-order valence-corrected chi connectivity index (χ2v) is 19.3. The van der Waals surface area contributed by atoms with Gasteiger partial charge >= 0.3 is 23.9 Å². The fraction of sp³-hybridized carbons (Fsp3) is 0.673. The van der Waals surface area contributed by atoms with Gasteiger partial charge in [0.05, 0.1) is 21.7 Å². The minimum absolute atomic E-state index is 0.633. The lowest BCUT2D eigenvalue weighted by molar-refractivity contribution is -0.148. The summed E-state index contributed by atoms with van der Waals surface area (Å²) in [5, 5.41) is 36.9. The number of unbranched alkanes of at least 4 members (excludes halogenated alkanes) is 5. The molecule has 0 saturated heterocycles. The number of hydrogen-bond donors (Lipinski definition) is 4. The summed E-state index contributed by atoms with van der Waals surface area (Å²) in [5.41, 5.74) is 8.15. The highest BCUT2D eigenvalue weighted by Gasteiger charge is 2.28. The van der Waals surface area contributed by atoms with Gasteiger partial charge in [0.2, 0.25) is 0 Å². The molecule has 0 saturated carbocycles. The fourth-order valence-corrected chi connectivity index (χ4v) is 7.11. The van der Waals surface area contributed by atoms with Crippen molar-refractivity contribution in [1.82, 2.24) is 0 Å². The molecule has 8 heteroatoms. The van der Waals surface area contributed by atoms with Crippen LogP contribution in [0.1, 0.15) is 183 Å². The van der Waals surface area contributed by atoms with E-state index in [0.717, 1.165) is 83.5 Å². The lowest BCUT2D eigenvalue weighted by Gasteiger charge is -2.21. The van der Waals surface area contributed by atoms with Crippen LogP contribution >= 0.6 is 0 Å². The van der Waals surface area contributed by atoms with Crippen LogP contribution < -0.4 is 0 Å². The summed E-state index contributed by atoms with van der Waals surface area (Å²) in [4.78, 5) is 44.9.